The summed E-state index contributed by atoms with van der Waals surface area (Å²) < 4.78 is 0. The van der Waals surface area contributed by atoms with E-state index >= 15 is 0 Å². The topological polar surface area (TPSA) is 75.4 Å². The van der Waals surface area contributed by atoms with E-state index in [-0.39, 0.29) is 11.6 Å². The Balaban J connectivity index is 1.74. The van der Waals surface area contributed by atoms with Gasteiger partial charge < -0.3 is 15.5 Å². The van der Waals surface area contributed by atoms with Crippen molar-refractivity contribution in [2.24, 2.45) is 5.73 Å². The van der Waals surface area contributed by atoms with Crippen molar-refractivity contribution in [2.45, 2.75) is 12.0 Å². The molecule has 0 bridgehead atoms. The maximum Gasteiger partial charge on any atom is 0.314 e. The van der Waals surface area contributed by atoms with Crippen LogP contribution in [0, 0.1) is 0 Å². The van der Waals surface area contributed by atoms with Crippen molar-refractivity contribution < 1.29 is 4.79 Å². The molecule has 2 N–H and O–H groups in total. The molecule has 6 heteroatoms. The number of urea groups is 1. The number of hydrogen-bond donors (Lipinski definition) is 1. The zero-order valence-electron chi connectivity index (χ0n) is 8.83. The molecule has 2 aliphatic heterocycles. The third kappa shape index (κ3) is 1.16. The monoisotopic (exact) mass is 219 g/mol. The summed E-state index contributed by atoms with van der Waals surface area (Å²) in [5, 5.41) is 0. The lowest BCUT2D eigenvalue weighted by Crippen LogP contribution is -2.78. The lowest BCUT2D eigenvalue weighted by atomic mass is 9.78. The van der Waals surface area contributed by atoms with Gasteiger partial charge in [-0.05, 0) is 12.5 Å². The normalized spacial score (nSPS) is 21.5. The number of nitrogens with zero attached hydrogens (tertiary/aromatic N) is 4. The Labute approximate surface area is 93.1 Å². The summed E-state index contributed by atoms with van der Waals surface area (Å²) >= 11 is 0. The zero-order valence-corrected chi connectivity index (χ0v) is 8.83. The number of carbonyl (C=O) groups excluding carboxylic acids is 1. The van der Waals surface area contributed by atoms with Gasteiger partial charge in [-0.1, -0.05) is 0 Å². The summed E-state index contributed by atoms with van der Waals surface area (Å²) in [5.74, 6) is 0.748. The van der Waals surface area contributed by atoms with Crippen LogP contribution in [0.15, 0.2) is 18.5 Å². The molecule has 3 rings (SSSR count). The summed E-state index contributed by atoms with van der Waals surface area (Å²) in [7, 11) is 0. The quantitative estimate of drug-likeness (QED) is 0.711. The minimum atomic E-state index is -0.341. The molecule has 1 aromatic heterocycles. The van der Waals surface area contributed by atoms with Crippen LogP contribution in [0.5, 0.6) is 0 Å². The van der Waals surface area contributed by atoms with E-state index in [1.807, 2.05) is 0 Å². The fourth-order valence-corrected chi connectivity index (χ4v) is 2.43. The van der Waals surface area contributed by atoms with Gasteiger partial charge in [0.2, 0.25) is 5.95 Å². The summed E-state index contributed by atoms with van der Waals surface area (Å²) in [6.45, 7) is 2.35. The second kappa shape index (κ2) is 3.07. The Morgan fingerprint density at radius 1 is 1.38 bits per heavy atom. The summed E-state index contributed by atoms with van der Waals surface area (Å²) in [5.41, 5.74) is 5.27. The van der Waals surface area contributed by atoms with Crippen molar-refractivity contribution in [3.8, 4) is 0 Å². The van der Waals surface area contributed by atoms with E-state index in [1.54, 1.807) is 23.4 Å². The molecular weight excluding hydrogens is 206 g/mol. The first-order chi connectivity index (χ1) is 7.71. The van der Waals surface area contributed by atoms with Crippen LogP contribution >= 0.6 is 0 Å². The minimum Gasteiger partial charge on any atom is -0.351 e. The van der Waals surface area contributed by atoms with Gasteiger partial charge in [0.25, 0.3) is 0 Å². The van der Waals surface area contributed by atoms with Crippen LogP contribution in [0.2, 0.25) is 0 Å². The largest absolute Gasteiger partial charge is 0.351 e. The van der Waals surface area contributed by atoms with E-state index in [4.69, 9.17) is 5.73 Å². The maximum absolute atomic E-state index is 11.0. The Kier molecular flexibility index (Phi) is 1.80. The fourth-order valence-electron chi connectivity index (χ4n) is 2.43. The van der Waals surface area contributed by atoms with Crippen LogP contribution < -0.4 is 10.6 Å². The molecule has 2 fully saturated rings. The van der Waals surface area contributed by atoms with Gasteiger partial charge in [0, 0.05) is 32.0 Å². The van der Waals surface area contributed by atoms with E-state index in [0.29, 0.717) is 13.1 Å². The second-order valence-electron chi connectivity index (χ2n) is 4.37. The van der Waals surface area contributed by atoms with Crippen LogP contribution in [-0.4, -0.2) is 46.1 Å². The van der Waals surface area contributed by atoms with Crippen molar-refractivity contribution in [3.05, 3.63) is 18.5 Å². The Morgan fingerprint density at radius 3 is 2.56 bits per heavy atom. The van der Waals surface area contributed by atoms with Gasteiger partial charge in [-0.15, -0.1) is 0 Å². The second-order valence-corrected chi connectivity index (χ2v) is 4.37. The smallest absolute Gasteiger partial charge is 0.314 e. The molecule has 6 nitrogen and oxygen atoms in total. The zero-order chi connectivity index (χ0) is 11.2. The fraction of sp³-hybridized carbons (Fsp3) is 0.500. The van der Waals surface area contributed by atoms with Gasteiger partial charge in [-0.25, -0.2) is 14.8 Å². The SMILES string of the molecule is NC(=O)N1CC2(CCN2c2ncccn2)C1. The summed E-state index contributed by atoms with van der Waals surface area (Å²) in [6.07, 6.45) is 4.55. The molecule has 2 amide bonds. The van der Waals surface area contributed by atoms with E-state index in [9.17, 15) is 4.79 Å². The lowest BCUT2D eigenvalue weighted by Gasteiger charge is -2.61. The van der Waals surface area contributed by atoms with Gasteiger partial charge in [0.05, 0.1) is 5.54 Å². The van der Waals surface area contributed by atoms with E-state index < -0.39 is 0 Å². The predicted octanol–water partition coefficient (Wildman–Crippen LogP) is -0.180. The molecule has 3 heterocycles. The van der Waals surface area contributed by atoms with Crippen LogP contribution in [-0.2, 0) is 0 Å². The van der Waals surface area contributed by atoms with Crippen LogP contribution in [0.3, 0.4) is 0 Å². The first-order valence-corrected chi connectivity index (χ1v) is 5.30. The lowest BCUT2D eigenvalue weighted by molar-refractivity contribution is 0.0550. The van der Waals surface area contributed by atoms with Crippen molar-refractivity contribution in [2.75, 3.05) is 24.5 Å². The highest BCUT2D eigenvalue weighted by Crippen LogP contribution is 2.40. The Hall–Kier alpha value is -1.85. The van der Waals surface area contributed by atoms with Crippen LogP contribution in [0.25, 0.3) is 0 Å². The average molecular weight is 219 g/mol. The number of hydrogen-bond acceptors (Lipinski definition) is 4. The van der Waals surface area contributed by atoms with Gasteiger partial charge in [0.15, 0.2) is 0 Å². The molecule has 0 atom stereocenters. The number of amides is 2. The van der Waals surface area contributed by atoms with Gasteiger partial charge in [-0.2, -0.15) is 0 Å². The molecule has 1 spiro atoms. The number of primary amides is 1. The first-order valence-electron chi connectivity index (χ1n) is 5.30. The van der Waals surface area contributed by atoms with Gasteiger partial charge in [-0.3, -0.25) is 0 Å². The molecule has 0 unspecified atom stereocenters. The molecule has 16 heavy (non-hydrogen) atoms. The highest BCUT2D eigenvalue weighted by Gasteiger charge is 2.55. The first kappa shape index (κ1) is 9.38. The number of aromatic nitrogens is 2. The Morgan fingerprint density at radius 2 is 2.06 bits per heavy atom. The standard InChI is InChI=1S/C10H13N5O/c11-8(16)14-6-10(7-14)2-5-15(10)9-12-3-1-4-13-9/h1,3-4H,2,5-7H2,(H2,11,16). The van der Waals surface area contributed by atoms with Crippen LogP contribution in [0.4, 0.5) is 10.7 Å². The molecule has 0 saturated carbocycles. The third-order valence-electron chi connectivity index (χ3n) is 3.45. The van der Waals surface area contributed by atoms with Crippen molar-refractivity contribution in [1.82, 2.24) is 14.9 Å². The number of likely N-dealkylation sites (tertiary alicyclic amines) is 1. The number of anilines is 1. The molecule has 0 aliphatic carbocycles. The number of nitrogens with two attached hydrogens (primary N) is 1. The van der Waals surface area contributed by atoms with Gasteiger partial charge >= 0.3 is 6.03 Å². The maximum atomic E-state index is 11.0. The van der Waals surface area contributed by atoms with Gasteiger partial charge in [0.1, 0.15) is 0 Å². The number of rotatable bonds is 1. The molecule has 84 valence electrons. The molecule has 0 aromatic carbocycles. The molecule has 1 aromatic rings. The van der Waals surface area contributed by atoms with Crippen molar-refractivity contribution >= 4 is 12.0 Å². The van der Waals surface area contributed by atoms with Crippen molar-refractivity contribution in [3.63, 3.8) is 0 Å². The Bertz CT molecular complexity index is 414. The predicted molar refractivity (Wildman–Crippen MR) is 57.9 cm³/mol. The summed E-state index contributed by atoms with van der Waals surface area (Å²) in [6, 6.07) is 1.46. The number of carbonyl (C=O) groups is 1. The molecular formula is C10H13N5O. The highest BCUT2D eigenvalue weighted by atomic mass is 16.2. The third-order valence-corrected chi connectivity index (χ3v) is 3.45. The molecule has 0 radical (unpaired) electrons. The molecule has 2 saturated heterocycles. The van der Waals surface area contributed by atoms with E-state index in [0.717, 1.165) is 18.9 Å². The highest BCUT2D eigenvalue weighted by molar-refractivity contribution is 5.74. The summed E-state index contributed by atoms with van der Waals surface area (Å²) in [4.78, 5) is 23.2. The van der Waals surface area contributed by atoms with Crippen molar-refractivity contribution in [1.29, 1.82) is 0 Å². The van der Waals surface area contributed by atoms with E-state index in [2.05, 4.69) is 14.9 Å². The van der Waals surface area contributed by atoms with Crippen LogP contribution in [0.1, 0.15) is 6.42 Å². The molecule has 2 aliphatic rings. The minimum absolute atomic E-state index is 0.0520. The van der Waals surface area contributed by atoms with E-state index in [1.165, 1.54) is 0 Å². The average Bonchev–Trinajstić information content (AvgIpc) is 2.15.